The standard InChI is InChI=1S/C19H25N5O4/c1-27-16-6-4-3-5-15(16)21-19(26)22-17-7-10-20-24(17)14-8-11-23(12-9-14)13-18(25)28-2/h3-7,10,14H,8-9,11-13H2,1-2H3,(H2,21,22,26). The summed E-state index contributed by atoms with van der Waals surface area (Å²) in [6.07, 6.45) is 3.34. The highest BCUT2D eigenvalue weighted by atomic mass is 16.5. The van der Waals surface area contributed by atoms with Crippen LogP contribution in [0.5, 0.6) is 5.75 Å². The van der Waals surface area contributed by atoms with Crippen molar-refractivity contribution in [1.29, 1.82) is 0 Å². The average Bonchev–Trinajstić information content (AvgIpc) is 3.16. The number of urea groups is 1. The van der Waals surface area contributed by atoms with Crippen molar-refractivity contribution in [2.75, 3.05) is 44.5 Å². The molecule has 0 bridgehead atoms. The number of rotatable bonds is 6. The summed E-state index contributed by atoms with van der Waals surface area (Å²) in [7, 11) is 2.95. The lowest BCUT2D eigenvalue weighted by Crippen LogP contribution is -2.38. The quantitative estimate of drug-likeness (QED) is 0.739. The van der Waals surface area contributed by atoms with Crippen molar-refractivity contribution in [3.05, 3.63) is 36.5 Å². The first-order valence-corrected chi connectivity index (χ1v) is 9.14. The molecule has 9 heteroatoms. The molecule has 9 nitrogen and oxygen atoms in total. The number of amides is 2. The summed E-state index contributed by atoms with van der Waals surface area (Å²) in [5.74, 6) is 0.982. The summed E-state index contributed by atoms with van der Waals surface area (Å²) in [5.41, 5.74) is 0.588. The highest BCUT2D eigenvalue weighted by molar-refractivity contribution is 6.00. The lowest BCUT2D eigenvalue weighted by molar-refractivity contribution is -0.142. The van der Waals surface area contributed by atoms with Crippen LogP contribution in [0.1, 0.15) is 18.9 Å². The topological polar surface area (TPSA) is 97.7 Å². The first-order valence-electron chi connectivity index (χ1n) is 9.14. The predicted octanol–water partition coefficient (Wildman–Crippen LogP) is 2.35. The summed E-state index contributed by atoms with van der Waals surface area (Å²) in [5, 5.41) is 10.0. The molecule has 2 aromatic rings. The number of methoxy groups -OCH3 is 2. The fourth-order valence-corrected chi connectivity index (χ4v) is 3.29. The molecule has 0 atom stereocenters. The van der Waals surface area contributed by atoms with Crippen molar-refractivity contribution in [1.82, 2.24) is 14.7 Å². The second-order valence-electron chi connectivity index (χ2n) is 6.52. The maximum absolute atomic E-state index is 12.4. The van der Waals surface area contributed by atoms with E-state index in [9.17, 15) is 9.59 Å². The van der Waals surface area contributed by atoms with Gasteiger partial charge in [0.15, 0.2) is 0 Å². The number of benzene rings is 1. The number of likely N-dealkylation sites (tertiary alicyclic amines) is 1. The van der Waals surface area contributed by atoms with Gasteiger partial charge >= 0.3 is 12.0 Å². The van der Waals surface area contributed by atoms with Gasteiger partial charge in [-0.25, -0.2) is 9.48 Å². The van der Waals surface area contributed by atoms with Crippen LogP contribution in [0.3, 0.4) is 0 Å². The van der Waals surface area contributed by atoms with Crippen molar-refractivity contribution >= 4 is 23.5 Å². The number of carbonyl (C=O) groups is 2. The van der Waals surface area contributed by atoms with Crippen LogP contribution in [0.4, 0.5) is 16.3 Å². The normalized spacial score (nSPS) is 15.1. The molecule has 150 valence electrons. The van der Waals surface area contributed by atoms with Crippen LogP contribution in [0.25, 0.3) is 0 Å². The van der Waals surface area contributed by atoms with E-state index in [0.717, 1.165) is 25.9 Å². The molecule has 2 heterocycles. The van der Waals surface area contributed by atoms with Gasteiger partial charge in [0, 0.05) is 19.2 Å². The van der Waals surface area contributed by atoms with Gasteiger partial charge in [-0.1, -0.05) is 12.1 Å². The number of nitrogens with one attached hydrogen (secondary N) is 2. The van der Waals surface area contributed by atoms with E-state index in [-0.39, 0.29) is 18.0 Å². The maximum atomic E-state index is 12.4. The summed E-state index contributed by atoms with van der Waals surface area (Å²) >= 11 is 0. The minimum Gasteiger partial charge on any atom is -0.495 e. The Labute approximate surface area is 163 Å². The monoisotopic (exact) mass is 387 g/mol. The lowest BCUT2D eigenvalue weighted by atomic mass is 10.1. The Hall–Kier alpha value is -3.07. The number of hydrogen-bond donors (Lipinski definition) is 2. The average molecular weight is 387 g/mol. The molecule has 3 rings (SSSR count). The summed E-state index contributed by atoms with van der Waals surface area (Å²) in [6, 6.07) is 8.77. The number of hydrogen-bond acceptors (Lipinski definition) is 6. The van der Waals surface area contributed by atoms with Gasteiger partial charge < -0.3 is 14.8 Å². The fourth-order valence-electron chi connectivity index (χ4n) is 3.29. The molecule has 1 aromatic heterocycles. The maximum Gasteiger partial charge on any atom is 0.324 e. The fraction of sp³-hybridized carbons (Fsp3) is 0.421. The summed E-state index contributed by atoms with van der Waals surface area (Å²) in [6.45, 7) is 1.84. The van der Waals surface area contributed by atoms with Crippen LogP contribution in [0.2, 0.25) is 0 Å². The smallest absolute Gasteiger partial charge is 0.324 e. The highest BCUT2D eigenvalue weighted by Crippen LogP contribution is 2.26. The third-order valence-corrected chi connectivity index (χ3v) is 4.75. The second kappa shape index (κ2) is 9.23. The lowest BCUT2D eigenvalue weighted by Gasteiger charge is -2.31. The molecule has 0 unspecified atom stereocenters. The Morgan fingerprint density at radius 2 is 1.89 bits per heavy atom. The van der Waals surface area contributed by atoms with Gasteiger partial charge in [-0.2, -0.15) is 5.10 Å². The summed E-state index contributed by atoms with van der Waals surface area (Å²) in [4.78, 5) is 25.9. The molecule has 2 amide bonds. The van der Waals surface area contributed by atoms with E-state index in [1.165, 1.54) is 7.11 Å². The second-order valence-corrected chi connectivity index (χ2v) is 6.52. The van der Waals surface area contributed by atoms with E-state index >= 15 is 0 Å². The molecule has 0 spiro atoms. The molecular weight excluding hydrogens is 362 g/mol. The van der Waals surface area contributed by atoms with E-state index in [4.69, 9.17) is 9.47 Å². The minimum absolute atomic E-state index is 0.158. The molecule has 0 saturated carbocycles. The molecule has 28 heavy (non-hydrogen) atoms. The number of aromatic nitrogens is 2. The SMILES string of the molecule is COC(=O)CN1CCC(n2nccc2NC(=O)Nc2ccccc2OC)CC1. The molecule has 1 aliphatic heterocycles. The Bertz CT molecular complexity index is 814. The van der Waals surface area contributed by atoms with Gasteiger partial charge in [-0.15, -0.1) is 0 Å². The van der Waals surface area contributed by atoms with Crippen LogP contribution >= 0.6 is 0 Å². The first-order chi connectivity index (χ1) is 13.6. The molecule has 1 fully saturated rings. The van der Waals surface area contributed by atoms with Crippen LogP contribution < -0.4 is 15.4 Å². The van der Waals surface area contributed by atoms with E-state index in [1.807, 2.05) is 16.8 Å². The zero-order chi connectivity index (χ0) is 19.9. The van der Waals surface area contributed by atoms with E-state index in [0.29, 0.717) is 23.8 Å². The van der Waals surface area contributed by atoms with E-state index in [1.54, 1.807) is 31.5 Å². The van der Waals surface area contributed by atoms with E-state index in [2.05, 4.69) is 20.6 Å². The van der Waals surface area contributed by atoms with Crippen LogP contribution in [-0.4, -0.2) is 60.5 Å². The molecule has 1 aliphatic rings. The Morgan fingerprint density at radius 3 is 2.61 bits per heavy atom. The molecule has 2 N–H and O–H groups in total. The number of piperidine rings is 1. The summed E-state index contributed by atoms with van der Waals surface area (Å²) < 4.78 is 11.8. The molecular formula is C19H25N5O4. The van der Waals surface area contributed by atoms with Crippen LogP contribution in [0.15, 0.2) is 36.5 Å². The Kier molecular flexibility index (Phi) is 6.49. The van der Waals surface area contributed by atoms with Gasteiger partial charge in [0.05, 0.1) is 38.7 Å². The number of carbonyl (C=O) groups excluding carboxylic acids is 2. The molecule has 1 aromatic carbocycles. The number of nitrogens with zero attached hydrogens (tertiary/aromatic N) is 3. The van der Waals surface area contributed by atoms with Crippen LogP contribution in [0, 0.1) is 0 Å². The van der Waals surface area contributed by atoms with Crippen molar-refractivity contribution in [2.45, 2.75) is 18.9 Å². The minimum atomic E-state index is -0.366. The van der Waals surface area contributed by atoms with Gasteiger partial charge in [-0.3, -0.25) is 15.0 Å². The molecule has 1 saturated heterocycles. The Morgan fingerprint density at radius 1 is 1.14 bits per heavy atom. The van der Waals surface area contributed by atoms with Crippen molar-refractivity contribution < 1.29 is 19.1 Å². The number of ether oxygens (including phenoxy) is 2. The highest BCUT2D eigenvalue weighted by Gasteiger charge is 2.24. The van der Waals surface area contributed by atoms with Gasteiger partial charge in [0.2, 0.25) is 0 Å². The number of para-hydroxylation sites is 2. The zero-order valence-electron chi connectivity index (χ0n) is 16.1. The van der Waals surface area contributed by atoms with Gasteiger partial charge in [0.25, 0.3) is 0 Å². The van der Waals surface area contributed by atoms with Gasteiger partial charge in [-0.05, 0) is 25.0 Å². The third kappa shape index (κ3) is 4.80. The van der Waals surface area contributed by atoms with Crippen molar-refractivity contribution in [3.63, 3.8) is 0 Å². The predicted molar refractivity (Wildman–Crippen MR) is 105 cm³/mol. The number of anilines is 2. The van der Waals surface area contributed by atoms with Gasteiger partial charge in [0.1, 0.15) is 11.6 Å². The third-order valence-electron chi connectivity index (χ3n) is 4.75. The van der Waals surface area contributed by atoms with Crippen molar-refractivity contribution in [2.24, 2.45) is 0 Å². The van der Waals surface area contributed by atoms with Crippen LogP contribution in [-0.2, 0) is 9.53 Å². The zero-order valence-corrected chi connectivity index (χ0v) is 16.1. The van der Waals surface area contributed by atoms with E-state index < -0.39 is 0 Å². The molecule has 0 aliphatic carbocycles. The molecule has 0 radical (unpaired) electrons. The first kappa shape index (κ1) is 19.7. The largest absolute Gasteiger partial charge is 0.495 e. The number of esters is 1. The Balaban J connectivity index is 1.58. The van der Waals surface area contributed by atoms with Crippen molar-refractivity contribution in [3.8, 4) is 5.75 Å².